The monoisotopic (exact) mass is 402 g/mol. The van der Waals surface area contributed by atoms with E-state index in [1.807, 2.05) is 22.6 Å². The molecular weight excluding hydrogens is 392 g/mol. The summed E-state index contributed by atoms with van der Waals surface area (Å²) in [6, 6.07) is 0. The van der Waals surface area contributed by atoms with E-state index in [0.29, 0.717) is 13.2 Å². The van der Waals surface area contributed by atoms with Crippen LogP contribution in [0.2, 0.25) is 0 Å². The molecule has 12 heavy (non-hydrogen) atoms. The number of halogens is 4. The van der Waals surface area contributed by atoms with Crippen molar-refractivity contribution in [3.8, 4) is 0 Å². The van der Waals surface area contributed by atoms with Crippen molar-refractivity contribution in [1.29, 1.82) is 0 Å². The van der Waals surface area contributed by atoms with Crippen LogP contribution in [-0.2, 0) is 4.74 Å². The van der Waals surface area contributed by atoms with Crippen molar-refractivity contribution in [1.82, 2.24) is 0 Å². The highest BCUT2D eigenvalue weighted by Gasteiger charge is 2.27. The lowest BCUT2D eigenvalue weighted by Crippen LogP contribution is -2.17. The predicted molar refractivity (Wildman–Crippen MR) is 62.4 cm³/mol. The van der Waals surface area contributed by atoms with E-state index in [1.165, 1.54) is 0 Å². The fourth-order valence-corrected chi connectivity index (χ4v) is 2.77. The van der Waals surface area contributed by atoms with Gasteiger partial charge in [0.1, 0.15) is 0 Å². The Labute approximate surface area is 98.2 Å². The van der Waals surface area contributed by atoms with Crippen molar-refractivity contribution in [3.63, 3.8) is 0 Å². The quantitative estimate of drug-likeness (QED) is 0.287. The van der Waals surface area contributed by atoms with Crippen molar-refractivity contribution in [2.24, 2.45) is 0 Å². The Balaban J connectivity index is 3.46. The van der Waals surface area contributed by atoms with Crippen LogP contribution in [0.4, 0.5) is 8.78 Å². The molecule has 0 radical (unpaired) electrons. The fourth-order valence-electron chi connectivity index (χ4n) is 0.589. The second kappa shape index (κ2) is 6.47. The summed E-state index contributed by atoms with van der Waals surface area (Å²) in [4.78, 5) is 0. The summed E-state index contributed by atoms with van der Waals surface area (Å²) in [6.07, 6.45) is 1.46. The summed E-state index contributed by atoms with van der Waals surface area (Å²) >= 11 is 3.10. The van der Waals surface area contributed by atoms with E-state index >= 15 is 0 Å². The lowest BCUT2D eigenvalue weighted by atomic mass is 10.3. The third-order valence-corrected chi connectivity index (χ3v) is 2.23. The van der Waals surface area contributed by atoms with Gasteiger partial charge in [-0.15, -0.1) is 6.58 Å². The van der Waals surface area contributed by atoms with E-state index in [9.17, 15) is 8.78 Å². The van der Waals surface area contributed by atoms with Crippen LogP contribution in [-0.4, -0.2) is 21.1 Å². The molecule has 0 aromatic carbocycles. The molecule has 0 aliphatic carbocycles. The molecular formula is C7H10F2I2O. The molecule has 0 heterocycles. The highest BCUT2D eigenvalue weighted by molar-refractivity contribution is 14.1. The normalized spacial score (nSPS) is 14.3. The molecule has 0 bridgehead atoms. The third kappa shape index (κ3) is 9.11. The maximum Gasteiger partial charge on any atom is 0.297 e. The number of alkyl halides is 4. The van der Waals surface area contributed by atoms with E-state index in [0.717, 1.165) is 22.6 Å². The minimum Gasteiger partial charge on any atom is -0.376 e. The SMILES string of the molecule is C=CCOCC(I)CC(F)(F)I. The Bertz CT molecular complexity index is 136. The van der Waals surface area contributed by atoms with Gasteiger partial charge in [-0.05, 0) is 22.6 Å². The first-order valence-electron chi connectivity index (χ1n) is 3.35. The Hall–Kier alpha value is 1.02. The van der Waals surface area contributed by atoms with Crippen molar-refractivity contribution in [2.45, 2.75) is 14.3 Å². The van der Waals surface area contributed by atoms with Crippen LogP contribution >= 0.6 is 45.2 Å². The lowest BCUT2D eigenvalue weighted by molar-refractivity contribution is 0.0973. The van der Waals surface area contributed by atoms with Crippen LogP contribution in [0.3, 0.4) is 0 Å². The predicted octanol–water partition coefficient (Wildman–Crippen LogP) is 3.41. The molecule has 0 saturated heterocycles. The molecule has 0 fully saturated rings. The van der Waals surface area contributed by atoms with Gasteiger partial charge in [-0.2, -0.15) is 8.78 Å². The van der Waals surface area contributed by atoms with Crippen LogP contribution in [0.1, 0.15) is 6.42 Å². The van der Waals surface area contributed by atoms with Crippen LogP contribution in [0.15, 0.2) is 12.7 Å². The number of rotatable bonds is 6. The zero-order valence-electron chi connectivity index (χ0n) is 6.40. The minimum atomic E-state index is -2.62. The molecule has 0 aromatic heterocycles. The smallest absolute Gasteiger partial charge is 0.297 e. The highest BCUT2D eigenvalue weighted by Crippen LogP contribution is 2.30. The first-order chi connectivity index (χ1) is 5.45. The molecule has 0 spiro atoms. The molecule has 5 heteroatoms. The first-order valence-corrected chi connectivity index (χ1v) is 5.67. The van der Waals surface area contributed by atoms with Crippen LogP contribution in [0.25, 0.3) is 0 Å². The van der Waals surface area contributed by atoms with Gasteiger partial charge in [0.25, 0.3) is 3.93 Å². The van der Waals surface area contributed by atoms with Crippen molar-refractivity contribution < 1.29 is 13.5 Å². The van der Waals surface area contributed by atoms with Gasteiger partial charge in [-0.1, -0.05) is 28.7 Å². The topological polar surface area (TPSA) is 9.23 Å². The number of ether oxygens (including phenoxy) is 1. The second-order valence-electron chi connectivity index (χ2n) is 2.24. The van der Waals surface area contributed by atoms with Crippen molar-refractivity contribution in [2.75, 3.05) is 13.2 Å². The van der Waals surface area contributed by atoms with E-state index in [4.69, 9.17) is 4.74 Å². The van der Waals surface area contributed by atoms with Gasteiger partial charge < -0.3 is 4.74 Å². The fraction of sp³-hybridized carbons (Fsp3) is 0.714. The average molecular weight is 402 g/mol. The maximum absolute atomic E-state index is 12.4. The molecule has 0 rings (SSSR count). The van der Waals surface area contributed by atoms with Crippen LogP contribution in [0.5, 0.6) is 0 Å². The Morgan fingerprint density at radius 2 is 2.17 bits per heavy atom. The number of hydrogen-bond acceptors (Lipinski definition) is 1. The molecule has 0 aromatic rings. The minimum absolute atomic E-state index is 0.144. The van der Waals surface area contributed by atoms with Gasteiger partial charge >= 0.3 is 0 Å². The standard InChI is InChI=1S/C7H10F2I2O/c1-2-3-12-5-6(10)4-7(8,9)11/h2,6H,1,3-5H2. The average Bonchev–Trinajstić information content (AvgIpc) is 1.84. The molecule has 0 saturated carbocycles. The molecule has 1 nitrogen and oxygen atoms in total. The Morgan fingerprint density at radius 3 is 2.58 bits per heavy atom. The zero-order valence-corrected chi connectivity index (χ0v) is 10.7. The lowest BCUT2D eigenvalue weighted by Gasteiger charge is -2.13. The van der Waals surface area contributed by atoms with E-state index in [-0.39, 0.29) is 10.3 Å². The summed E-state index contributed by atoms with van der Waals surface area (Å²) in [5, 5.41) is 0. The number of hydrogen-bond donors (Lipinski definition) is 0. The van der Waals surface area contributed by atoms with E-state index in [1.54, 1.807) is 6.08 Å². The van der Waals surface area contributed by atoms with Gasteiger partial charge in [0.2, 0.25) is 0 Å². The van der Waals surface area contributed by atoms with Crippen molar-refractivity contribution in [3.05, 3.63) is 12.7 Å². The van der Waals surface area contributed by atoms with E-state index in [2.05, 4.69) is 6.58 Å². The third-order valence-electron chi connectivity index (χ3n) is 0.987. The summed E-state index contributed by atoms with van der Waals surface area (Å²) in [5.74, 6) is 0. The molecule has 1 unspecified atom stereocenters. The van der Waals surface area contributed by atoms with Crippen molar-refractivity contribution >= 4 is 45.2 Å². The highest BCUT2D eigenvalue weighted by atomic mass is 127. The van der Waals surface area contributed by atoms with Crippen LogP contribution in [0, 0.1) is 0 Å². The van der Waals surface area contributed by atoms with Gasteiger partial charge in [-0.25, -0.2) is 0 Å². The molecule has 0 aliphatic heterocycles. The molecule has 1 atom stereocenters. The molecule has 0 N–H and O–H groups in total. The zero-order chi connectivity index (χ0) is 9.61. The van der Waals surface area contributed by atoms with Gasteiger partial charge in [0.15, 0.2) is 0 Å². The second-order valence-corrected chi connectivity index (χ2v) is 5.58. The Kier molecular flexibility index (Phi) is 7.02. The van der Waals surface area contributed by atoms with E-state index < -0.39 is 3.93 Å². The van der Waals surface area contributed by atoms with Crippen LogP contribution < -0.4 is 0 Å². The summed E-state index contributed by atoms with van der Waals surface area (Å²) < 4.78 is 27.0. The molecule has 0 aliphatic rings. The largest absolute Gasteiger partial charge is 0.376 e. The van der Waals surface area contributed by atoms with Gasteiger partial charge in [0.05, 0.1) is 13.2 Å². The van der Waals surface area contributed by atoms with Gasteiger partial charge in [0, 0.05) is 10.3 Å². The maximum atomic E-state index is 12.4. The molecule has 0 amide bonds. The first kappa shape index (κ1) is 13.0. The summed E-state index contributed by atoms with van der Waals surface area (Å²) in [5.41, 5.74) is 0. The summed E-state index contributed by atoms with van der Waals surface area (Å²) in [7, 11) is 0. The summed E-state index contributed by atoms with van der Waals surface area (Å²) in [6.45, 7) is 4.23. The Morgan fingerprint density at radius 1 is 1.58 bits per heavy atom. The van der Waals surface area contributed by atoms with Gasteiger partial charge in [-0.3, -0.25) is 0 Å². The molecule has 72 valence electrons.